The van der Waals surface area contributed by atoms with Crippen molar-refractivity contribution >= 4 is 12.2 Å². The van der Waals surface area contributed by atoms with Gasteiger partial charge in [0.25, 0.3) is 0 Å². The van der Waals surface area contributed by atoms with E-state index in [0.717, 1.165) is 35.3 Å². The van der Waals surface area contributed by atoms with Crippen molar-refractivity contribution in [1.29, 1.82) is 0 Å². The number of aromatic hydroxyl groups is 2. The molecule has 0 aromatic heterocycles. The zero-order valence-electron chi connectivity index (χ0n) is 12.8. The van der Waals surface area contributed by atoms with Gasteiger partial charge in [0.05, 0.1) is 0 Å². The maximum atomic E-state index is 10.2. The molecule has 0 fully saturated rings. The number of benzene rings is 2. The maximum absolute atomic E-state index is 10.2. The highest BCUT2D eigenvalue weighted by Crippen LogP contribution is 2.39. The molecule has 1 aliphatic rings. The second-order valence-electron chi connectivity index (χ2n) is 6.30. The molecule has 2 aromatic rings. The molecule has 0 unspecified atom stereocenters. The van der Waals surface area contributed by atoms with Crippen molar-refractivity contribution in [2.45, 2.75) is 32.3 Å². The molecule has 1 aliphatic heterocycles. The van der Waals surface area contributed by atoms with Gasteiger partial charge in [-0.15, -0.1) is 0 Å². The van der Waals surface area contributed by atoms with Gasteiger partial charge in [-0.1, -0.05) is 24.3 Å². The summed E-state index contributed by atoms with van der Waals surface area (Å²) in [5.41, 5.74) is 2.57. The fourth-order valence-corrected chi connectivity index (χ4v) is 2.64. The Kier molecular flexibility index (Phi) is 3.57. The molecule has 3 nitrogen and oxygen atoms in total. The van der Waals surface area contributed by atoms with Crippen LogP contribution in [0.25, 0.3) is 12.2 Å². The van der Waals surface area contributed by atoms with Gasteiger partial charge in [-0.2, -0.15) is 0 Å². The molecule has 0 amide bonds. The molecule has 2 aromatic carbocycles. The predicted molar refractivity (Wildman–Crippen MR) is 88.2 cm³/mol. The molecule has 0 radical (unpaired) electrons. The van der Waals surface area contributed by atoms with E-state index in [-0.39, 0.29) is 11.4 Å². The fraction of sp³-hybridized carbons (Fsp3) is 0.263. The number of hydrogen-bond acceptors (Lipinski definition) is 3. The van der Waals surface area contributed by atoms with E-state index in [1.807, 2.05) is 30.4 Å². The third-order valence-corrected chi connectivity index (χ3v) is 3.93. The normalized spacial score (nSPS) is 16.3. The number of phenolic OH excluding ortho intramolecular Hbond substituents is 2. The molecule has 1 heterocycles. The van der Waals surface area contributed by atoms with Gasteiger partial charge in [0.15, 0.2) is 0 Å². The second kappa shape index (κ2) is 5.41. The van der Waals surface area contributed by atoms with Crippen LogP contribution in [0, 0.1) is 0 Å². The Hall–Kier alpha value is -2.42. The molecule has 22 heavy (non-hydrogen) atoms. The molecule has 0 saturated carbocycles. The van der Waals surface area contributed by atoms with Crippen molar-refractivity contribution in [3.05, 3.63) is 53.1 Å². The SMILES string of the molecule is CC1(C)CCc2c(O)cc(/C=C/c3ccc(O)cc3)cc2O1. The zero-order valence-corrected chi connectivity index (χ0v) is 12.8. The van der Waals surface area contributed by atoms with Gasteiger partial charge in [0.1, 0.15) is 22.8 Å². The Labute approximate surface area is 130 Å². The van der Waals surface area contributed by atoms with Crippen LogP contribution >= 0.6 is 0 Å². The van der Waals surface area contributed by atoms with Crippen LogP contribution in [0.5, 0.6) is 17.2 Å². The van der Waals surface area contributed by atoms with Crippen LogP contribution in [0.1, 0.15) is 37.0 Å². The summed E-state index contributed by atoms with van der Waals surface area (Å²) in [6.07, 6.45) is 5.60. The van der Waals surface area contributed by atoms with E-state index in [9.17, 15) is 10.2 Å². The van der Waals surface area contributed by atoms with Crippen molar-refractivity contribution < 1.29 is 14.9 Å². The van der Waals surface area contributed by atoms with Crippen molar-refractivity contribution in [2.24, 2.45) is 0 Å². The number of fused-ring (bicyclic) bond motifs is 1. The smallest absolute Gasteiger partial charge is 0.127 e. The van der Waals surface area contributed by atoms with Gasteiger partial charge in [0, 0.05) is 5.56 Å². The number of hydrogen-bond donors (Lipinski definition) is 2. The molecule has 0 saturated heterocycles. The Morgan fingerprint density at radius 2 is 1.68 bits per heavy atom. The van der Waals surface area contributed by atoms with E-state index < -0.39 is 0 Å². The standard InChI is InChI=1S/C19H20O3/c1-19(2)10-9-16-17(21)11-14(12-18(16)22-19)4-3-13-5-7-15(20)8-6-13/h3-8,11-12,20-21H,9-10H2,1-2H3/b4-3+. The lowest BCUT2D eigenvalue weighted by Crippen LogP contribution is -2.32. The van der Waals surface area contributed by atoms with Crippen LogP contribution in [0.15, 0.2) is 36.4 Å². The topological polar surface area (TPSA) is 49.7 Å². The summed E-state index contributed by atoms with van der Waals surface area (Å²) < 4.78 is 5.98. The molecule has 2 N–H and O–H groups in total. The first-order valence-corrected chi connectivity index (χ1v) is 7.45. The van der Waals surface area contributed by atoms with Crippen molar-refractivity contribution in [3.63, 3.8) is 0 Å². The summed E-state index contributed by atoms with van der Waals surface area (Å²) in [6, 6.07) is 10.7. The second-order valence-corrected chi connectivity index (χ2v) is 6.30. The fourth-order valence-electron chi connectivity index (χ4n) is 2.64. The molecule has 0 aliphatic carbocycles. The molecule has 0 bridgehead atoms. The van der Waals surface area contributed by atoms with Gasteiger partial charge in [-0.25, -0.2) is 0 Å². The van der Waals surface area contributed by atoms with Crippen LogP contribution in [0.2, 0.25) is 0 Å². The average molecular weight is 296 g/mol. The zero-order chi connectivity index (χ0) is 15.7. The lowest BCUT2D eigenvalue weighted by Gasteiger charge is -2.33. The van der Waals surface area contributed by atoms with Crippen molar-refractivity contribution in [1.82, 2.24) is 0 Å². The first-order chi connectivity index (χ1) is 10.4. The first-order valence-electron chi connectivity index (χ1n) is 7.45. The Bertz CT molecular complexity index is 712. The predicted octanol–water partition coefficient (Wildman–Crippen LogP) is 4.37. The van der Waals surface area contributed by atoms with Crippen LogP contribution in [-0.2, 0) is 6.42 Å². The van der Waals surface area contributed by atoms with Gasteiger partial charge >= 0.3 is 0 Å². The largest absolute Gasteiger partial charge is 0.508 e. The Morgan fingerprint density at radius 3 is 2.41 bits per heavy atom. The number of phenols is 2. The highest BCUT2D eigenvalue weighted by Gasteiger charge is 2.28. The highest BCUT2D eigenvalue weighted by molar-refractivity contribution is 5.72. The minimum atomic E-state index is -0.196. The van der Waals surface area contributed by atoms with E-state index in [1.165, 1.54) is 0 Å². The summed E-state index contributed by atoms with van der Waals surface area (Å²) in [6.45, 7) is 4.12. The minimum Gasteiger partial charge on any atom is -0.508 e. The minimum absolute atomic E-state index is 0.196. The summed E-state index contributed by atoms with van der Waals surface area (Å²) >= 11 is 0. The lowest BCUT2D eigenvalue weighted by molar-refractivity contribution is 0.0837. The molecular weight excluding hydrogens is 276 g/mol. The third kappa shape index (κ3) is 3.08. The van der Waals surface area contributed by atoms with Crippen LogP contribution < -0.4 is 4.74 Å². The first kappa shape index (κ1) is 14.5. The van der Waals surface area contributed by atoms with Crippen LogP contribution in [-0.4, -0.2) is 15.8 Å². The van der Waals surface area contributed by atoms with E-state index >= 15 is 0 Å². The molecular formula is C19H20O3. The van der Waals surface area contributed by atoms with E-state index in [1.54, 1.807) is 18.2 Å². The van der Waals surface area contributed by atoms with E-state index in [2.05, 4.69) is 13.8 Å². The lowest BCUT2D eigenvalue weighted by atomic mass is 9.93. The molecule has 114 valence electrons. The number of ether oxygens (including phenoxy) is 1. The van der Waals surface area contributed by atoms with Gasteiger partial charge in [0.2, 0.25) is 0 Å². The summed E-state index contributed by atoms with van der Waals surface area (Å²) in [5, 5.41) is 19.5. The Morgan fingerprint density at radius 1 is 1.00 bits per heavy atom. The molecule has 0 atom stereocenters. The van der Waals surface area contributed by atoms with Gasteiger partial charge < -0.3 is 14.9 Å². The average Bonchev–Trinajstić information content (AvgIpc) is 2.45. The van der Waals surface area contributed by atoms with E-state index in [0.29, 0.717) is 5.75 Å². The van der Waals surface area contributed by atoms with Gasteiger partial charge in [-0.3, -0.25) is 0 Å². The highest BCUT2D eigenvalue weighted by atomic mass is 16.5. The Balaban J connectivity index is 1.89. The molecule has 3 heteroatoms. The molecule has 0 spiro atoms. The summed E-state index contributed by atoms with van der Waals surface area (Å²) in [7, 11) is 0. The molecule has 3 rings (SSSR count). The maximum Gasteiger partial charge on any atom is 0.127 e. The summed E-state index contributed by atoms with van der Waals surface area (Å²) in [5.74, 6) is 1.30. The monoisotopic (exact) mass is 296 g/mol. The van der Waals surface area contributed by atoms with Crippen LogP contribution in [0.4, 0.5) is 0 Å². The van der Waals surface area contributed by atoms with Crippen molar-refractivity contribution in [2.75, 3.05) is 0 Å². The van der Waals surface area contributed by atoms with Crippen LogP contribution in [0.3, 0.4) is 0 Å². The van der Waals surface area contributed by atoms with Gasteiger partial charge in [-0.05, 0) is 62.1 Å². The van der Waals surface area contributed by atoms with E-state index in [4.69, 9.17) is 4.74 Å². The number of rotatable bonds is 2. The van der Waals surface area contributed by atoms with Crippen molar-refractivity contribution in [3.8, 4) is 17.2 Å². The third-order valence-electron chi connectivity index (χ3n) is 3.93. The summed E-state index contributed by atoms with van der Waals surface area (Å²) in [4.78, 5) is 0. The quantitative estimate of drug-likeness (QED) is 0.809.